The molecule has 0 aliphatic heterocycles. The zero-order valence-electron chi connectivity index (χ0n) is 9.93. The molecule has 2 N–H and O–H groups in total. The maximum atomic E-state index is 5.78. The second kappa shape index (κ2) is 5.66. The van der Waals surface area contributed by atoms with Crippen LogP contribution in [-0.2, 0) is 11.3 Å². The summed E-state index contributed by atoms with van der Waals surface area (Å²) in [6.45, 7) is 2.98. The van der Waals surface area contributed by atoms with Gasteiger partial charge in [-0.15, -0.1) is 0 Å². The molecule has 1 aromatic heterocycles. The molecular formula is C14H17NO2. The van der Waals surface area contributed by atoms with E-state index in [2.05, 4.69) is 19.1 Å². The van der Waals surface area contributed by atoms with Crippen molar-refractivity contribution < 1.29 is 9.15 Å². The maximum absolute atomic E-state index is 5.78. The van der Waals surface area contributed by atoms with Crippen molar-refractivity contribution in [3.63, 3.8) is 0 Å². The molecule has 0 aliphatic carbocycles. The van der Waals surface area contributed by atoms with Crippen LogP contribution in [0.4, 0.5) is 0 Å². The molecule has 0 bridgehead atoms. The van der Waals surface area contributed by atoms with Crippen LogP contribution in [0.1, 0.15) is 23.0 Å². The quantitative estimate of drug-likeness (QED) is 0.860. The van der Waals surface area contributed by atoms with Gasteiger partial charge in [-0.05, 0) is 30.2 Å². The fraction of sp³-hybridized carbons (Fsp3) is 0.286. The van der Waals surface area contributed by atoms with Crippen LogP contribution in [0.25, 0.3) is 0 Å². The molecule has 3 heteroatoms. The Morgan fingerprint density at radius 2 is 2.06 bits per heavy atom. The third-order valence-electron chi connectivity index (χ3n) is 2.76. The van der Waals surface area contributed by atoms with Gasteiger partial charge in [-0.3, -0.25) is 0 Å². The van der Waals surface area contributed by atoms with Gasteiger partial charge in [-0.25, -0.2) is 0 Å². The predicted octanol–water partition coefficient (Wildman–Crippen LogP) is 2.80. The molecule has 0 saturated heterocycles. The smallest absolute Gasteiger partial charge is 0.129 e. The summed E-state index contributed by atoms with van der Waals surface area (Å²) in [5, 5.41) is 0. The molecule has 90 valence electrons. The van der Waals surface area contributed by atoms with Gasteiger partial charge >= 0.3 is 0 Å². The topological polar surface area (TPSA) is 48.4 Å². The first kappa shape index (κ1) is 11.9. The van der Waals surface area contributed by atoms with E-state index in [1.807, 2.05) is 24.3 Å². The molecule has 1 atom stereocenters. The van der Waals surface area contributed by atoms with Gasteiger partial charge in [0.1, 0.15) is 12.4 Å². The van der Waals surface area contributed by atoms with E-state index in [0.29, 0.717) is 13.2 Å². The Bertz CT molecular complexity index is 451. The van der Waals surface area contributed by atoms with Gasteiger partial charge in [0.25, 0.3) is 0 Å². The molecule has 0 aliphatic rings. The molecular weight excluding hydrogens is 214 g/mol. The van der Waals surface area contributed by atoms with E-state index < -0.39 is 0 Å². The molecule has 0 fully saturated rings. The van der Waals surface area contributed by atoms with E-state index in [4.69, 9.17) is 14.9 Å². The van der Waals surface area contributed by atoms with E-state index in [1.165, 1.54) is 5.56 Å². The third-order valence-corrected chi connectivity index (χ3v) is 2.76. The van der Waals surface area contributed by atoms with Gasteiger partial charge in [0.2, 0.25) is 0 Å². The maximum Gasteiger partial charge on any atom is 0.129 e. The number of ether oxygens (including phenoxy) is 1. The number of rotatable bonds is 5. The fourth-order valence-electron chi connectivity index (χ4n) is 1.81. The molecule has 3 nitrogen and oxygen atoms in total. The van der Waals surface area contributed by atoms with E-state index in [9.17, 15) is 0 Å². The van der Waals surface area contributed by atoms with Crippen molar-refractivity contribution in [2.45, 2.75) is 19.6 Å². The first-order valence-electron chi connectivity index (χ1n) is 5.71. The third kappa shape index (κ3) is 2.96. The van der Waals surface area contributed by atoms with Crippen LogP contribution < -0.4 is 5.73 Å². The lowest BCUT2D eigenvalue weighted by molar-refractivity contribution is 0.0352. The van der Waals surface area contributed by atoms with E-state index in [-0.39, 0.29) is 6.10 Å². The minimum absolute atomic E-state index is 0.0821. The van der Waals surface area contributed by atoms with E-state index >= 15 is 0 Å². The number of benzene rings is 1. The lowest BCUT2D eigenvalue weighted by atomic mass is 10.0. The van der Waals surface area contributed by atoms with Crippen LogP contribution in [0, 0.1) is 6.92 Å². The summed E-state index contributed by atoms with van der Waals surface area (Å²) >= 11 is 0. The molecule has 1 heterocycles. The Morgan fingerprint density at radius 1 is 1.24 bits per heavy atom. The van der Waals surface area contributed by atoms with Gasteiger partial charge in [0.05, 0.1) is 12.4 Å². The van der Waals surface area contributed by atoms with Crippen LogP contribution >= 0.6 is 0 Å². The summed E-state index contributed by atoms with van der Waals surface area (Å²) in [6, 6.07) is 11.9. The minimum Gasteiger partial charge on any atom is -0.467 e. The van der Waals surface area contributed by atoms with E-state index in [1.54, 1.807) is 6.26 Å². The van der Waals surface area contributed by atoms with Crippen molar-refractivity contribution in [3.8, 4) is 0 Å². The molecule has 1 aromatic carbocycles. The fourth-order valence-corrected chi connectivity index (χ4v) is 1.81. The normalized spacial score (nSPS) is 12.6. The zero-order chi connectivity index (χ0) is 12.1. The SMILES string of the molecule is Cc1ccccc1C(CN)OCc1ccco1. The highest BCUT2D eigenvalue weighted by Gasteiger charge is 2.12. The van der Waals surface area contributed by atoms with Crippen LogP contribution in [-0.4, -0.2) is 6.54 Å². The summed E-state index contributed by atoms with van der Waals surface area (Å²) in [5.41, 5.74) is 8.09. The predicted molar refractivity (Wildman–Crippen MR) is 66.5 cm³/mol. The summed E-state index contributed by atoms with van der Waals surface area (Å²) < 4.78 is 11.0. The van der Waals surface area contributed by atoms with Crippen LogP contribution in [0.5, 0.6) is 0 Å². The Kier molecular flexibility index (Phi) is 3.96. The highest BCUT2D eigenvalue weighted by molar-refractivity contribution is 5.28. The van der Waals surface area contributed by atoms with Crippen LogP contribution in [0.3, 0.4) is 0 Å². The molecule has 2 rings (SSSR count). The Morgan fingerprint density at radius 3 is 2.71 bits per heavy atom. The average Bonchev–Trinajstić information content (AvgIpc) is 2.85. The second-order valence-corrected chi connectivity index (χ2v) is 3.97. The van der Waals surface area contributed by atoms with Gasteiger partial charge in [0.15, 0.2) is 0 Å². The summed E-state index contributed by atoms with van der Waals surface area (Å²) in [5.74, 6) is 0.817. The Hall–Kier alpha value is -1.58. The van der Waals surface area contributed by atoms with Gasteiger partial charge in [-0.2, -0.15) is 0 Å². The standard InChI is InChI=1S/C14H17NO2/c1-11-5-2-3-7-13(11)14(9-15)17-10-12-6-4-8-16-12/h2-8,14H,9-10,15H2,1H3. The largest absolute Gasteiger partial charge is 0.467 e. The molecule has 0 spiro atoms. The summed E-state index contributed by atoms with van der Waals surface area (Å²) in [6.07, 6.45) is 1.56. The molecule has 0 saturated carbocycles. The van der Waals surface area contributed by atoms with E-state index in [0.717, 1.165) is 11.3 Å². The van der Waals surface area contributed by atoms with Crippen molar-refractivity contribution in [3.05, 3.63) is 59.5 Å². The lowest BCUT2D eigenvalue weighted by Gasteiger charge is -2.17. The summed E-state index contributed by atoms with van der Waals surface area (Å²) in [4.78, 5) is 0. The lowest BCUT2D eigenvalue weighted by Crippen LogP contribution is -2.16. The summed E-state index contributed by atoms with van der Waals surface area (Å²) in [7, 11) is 0. The number of hydrogen-bond acceptors (Lipinski definition) is 3. The number of hydrogen-bond donors (Lipinski definition) is 1. The monoisotopic (exact) mass is 231 g/mol. The van der Waals surface area contributed by atoms with Gasteiger partial charge < -0.3 is 14.9 Å². The highest BCUT2D eigenvalue weighted by atomic mass is 16.5. The molecule has 1 unspecified atom stereocenters. The number of nitrogens with two attached hydrogens (primary N) is 1. The minimum atomic E-state index is -0.0821. The molecule has 2 aromatic rings. The molecule has 0 radical (unpaired) electrons. The number of aryl methyl sites for hydroxylation is 1. The first-order chi connectivity index (χ1) is 8.31. The highest BCUT2D eigenvalue weighted by Crippen LogP contribution is 2.21. The molecule has 0 amide bonds. The zero-order valence-corrected chi connectivity index (χ0v) is 9.93. The number of furan rings is 1. The van der Waals surface area contributed by atoms with Crippen molar-refractivity contribution in [1.82, 2.24) is 0 Å². The van der Waals surface area contributed by atoms with Crippen LogP contribution in [0.15, 0.2) is 47.1 Å². The van der Waals surface area contributed by atoms with Crippen molar-refractivity contribution in [1.29, 1.82) is 0 Å². The van der Waals surface area contributed by atoms with Crippen LogP contribution in [0.2, 0.25) is 0 Å². The molecule has 17 heavy (non-hydrogen) atoms. The van der Waals surface area contributed by atoms with Gasteiger partial charge in [-0.1, -0.05) is 24.3 Å². The van der Waals surface area contributed by atoms with Crippen molar-refractivity contribution in [2.24, 2.45) is 5.73 Å². The van der Waals surface area contributed by atoms with Gasteiger partial charge in [0, 0.05) is 6.54 Å². The van der Waals surface area contributed by atoms with Crippen molar-refractivity contribution in [2.75, 3.05) is 6.54 Å². The Balaban J connectivity index is 2.04. The van der Waals surface area contributed by atoms with Crippen molar-refractivity contribution >= 4 is 0 Å². The first-order valence-corrected chi connectivity index (χ1v) is 5.71. The second-order valence-electron chi connectivity index (χ2n) is 3.97. The average molecular weight is 231 g/mol. The Labute approximate surface area is 101 Å².